The zero-order valence-electron chi connectivity index (χ0n) is 18.8. The number of methoxy groups -OCH3 is 1. The normalized spacial score (nSPS) is 17.0. The van der Waals surface area contributed by atoms with E-state index in [0.29, 0.717) is 11.3 Å². The predicted molar refractivity (Wildman–Crippen MR) is 128 cm³/mol. The first-order chi connectivity index (χ1) is 16.8. The van der Waals surface area contributed by atoms with E-state index in [4.69, 9.17) is 21.1 Å². The number of aliphatic hydroxyl groups excluding tert-OH is 1. The van der Waals surface area contributed by atoms with Gasteiger partial charge in [0.05, 0.1) is 35.9 Å². The van der Waals surface area contributed by atoms with Crippen LogP contribution in [0.15, 0.2) is 66.2 Å². The highest BCUT2D eigenvalue weighted by atomic mass is 35.5. The number of hydrogen-bond acceptors (Lipinski definition) is 6. The molecule has 0 bridgehead atoms. The van der Waals surface area contributed by atoms with E-state index >= 15 is 0 Å². The smallest absolute Gasteiger partial charge is 0.300 e. The first-order valence-corrected chi connectivity index (χ1v) is 11.0. The summed E-state index contributed by atoms with van der Waals surface area (Å²) in [5, 5.41) is 21.2. The predicted octanol–water partition coefficient (Wildman–Crippen LogP) is 5.22. The molecule has 180 valence electrons. The number of nitrogens with zero attached hydrogens (tertiary/aromatic N) is 1. The number of ketones is 1. The third kappa shape index (κ3) is 4.28. The van der Waals surface area contributed by atoms with Crippen LogP contribution in [0, 0.1) is 5.82 Å². The van der Waals surface area contributed by atoms with E-state index in [0.717, 1.165) is 11.0 Å². The Morgan fingerprint density at radius 2 is 1.83 bits per heavy atom. The molecule has 35 heavy (non-hydrogen) atoms. The minimum atomic E-state index is -1.14. The van der Waals surface area contributed by atoms with Crippen molar-refractivity contribution < 1.29 is 33.7 Å². The van der Waals surface area contributed by atoms with E-state index in [1.807, 2.05) is 0 Å². The van der Waals surface area contributed by atoms with Crippen molar-refractivity contribution in [1.29, 1.82) is 0 Å². The van der Waals surface area contributed by atoms with E-state index in [1.54, 1.807) is 31.2 Å². The molecule has 1 unspecified atom stereocenters. The van der Waals surface area contributed by atoms with Crippen molar-refractivity contribution in [3.05, 3.63) is 88.2 Å². The lowest BCUT2D eigenvalue weighted by Gasteiger charge is -2.26. The number of carbonyl (C=O) groups is 2. The number of rotatable bonds is 6. The van der Waals surface area contributed by atoms with Crippen LogP contribution in [0.3, 0.4) is 0 Å². The van der Waals surface area contributed by atoms with Crippen LogP contribution < -0.4 is 14.4 Å². The van der Waals surface area contributed by atoms with Crippen molar-refractivity contribution in [2.45, 2.75) is 13.0 Å². The van der Waals surface area contributed by atoms with Crippen molar-refractivity contribution in [2.75, 3.05) is 18.6 Å². The number of ether oxygens (including phenoxy) is 2. The first kappa shape index (κ1) is 24.1. The van der Waals surface area contributed by atoms with Gasteiger partial charge in [-0.05, 0) is 55.0 Å². The van der Waals surface area contributed by atoms with Crippen LogP contribution in [0.4, 0.5) is 10.1 Å². The Morgan fingerprint density at radius 3 is 2.51 bits per heavy atom. The van der Waals surface area contributed by atoms with Crippen molar-refractivity contribution in [3.8, 4) is 17.2 Å². The minimum absolute atomic E-state index is 0.130. The molecule has 3 aromatic carbocycles. The molecule has 1 heterocycles. The highest BCUT2D eigenvalue weighted by molar-refractivity contribution is 6.51. The fraction of sp³-hybridized carbons (Fsp3) is 0.154. The monoisotopic (exact) mass is 497 g/mol. The molecule has 0 saturated carbocycles. The van der Waals surface area contributed by atoms with Gasteiger partial charge < -0.3 is 19.7 Å². The highest BCUT2D eigenvalue weighted by Crippen LogP contribution is 2.45. The molecule has 0 aromatic heterocycles. The van der Waals surface area contributed by atoms with Crippen LogP contribution in [0.5, 0.6) is 17.2 Å². The quantitative estimate of drug-likeness (QED) is 0.275. The lowest BCUT2D eigenvalue weighted by Crippen LogP contribution is -2.29. The van der Waals surface area contributed by atoms with Crippen molar-refractivity contribution >= 4 is 34.7 Å². The fourth-order valence-corrected chi connectivity index (χ4v) is 4.18. The summed E-state index contributed by atoms with van der Waals surface area (Å²) in [7, 11) is 1.41. The number of hydrogen-bond donors (Lipinski definition) is 2. The van der Waals surface area contributed by atoms with Gasteiger partial charge in [0.2, 0.25) is 0 Å². The molecule has 0 aliphatic carbocycles. The Kier molecular flexibility index (Phi) is 6.66. The third-order valence-electron chi connectivity index (χ3n) is 5.59. The Bertz CT molecular complexity index is 1360. The number of phenols is 1. The Hall–Kier alpha value is -4.04. The van der Waals surface area contributed by atoms with Crippen LogP contribution >= 0.6 is 11.6 Å². The van der Waals surface area contributed by atoms with Crippen LogP contribution in [-0.4, -0.2) is 35.6 Å². The van der Waals surface area contributed by atoms with Gasteiger partial charge in [-0.2, -0.15) is 0 Å². The van der Waals surface area contributed by atoms with E-state index in [2.05, 4.69) is 0 Å². The molecular weight excluding hydrogens is 477 g/mol. The molecule has 1 amide bonds. The standard InChI is InChI=1S/C26H21ClFNO6/c1-3-35-21-12-14(8-11-19(21)30)23-22(24(31)16-6-4-5-7-20(16)34-2)25(32)26(33)29(23)15-9-10-18(28)17(27)13-15/h4-13,23,30-31H,3H2,1-2H3/b24-22+. The van der Waals surface area contributed by atoms with Gasteiger partial charge in [-0.3, -0.25) is 14.5 Å². The second kappa shape index (κ2) is 9.68. The number of aliphatic hydroxyl groups is 1. The molecule has 7 nitrogen and oxygen atoms in total. The number of Topliss-reactive ketones (excluding diaryl/α,β-unsaturated/α-hetero) is 1. The summed E-state index contributed by atoms with van der Waals surface area (Å²) in [6.07, 6.45) is 0. The Morgan fingerprint density at radius 1 is 1.09 bits per heavy atom. The maximum absolute atomic E-state index is 13.9. The molecule has 0 radical (unpaired) electrons. The lowest BCUT2D eigenvalue weighted by molar-refractivity contribution is -0.132. The SMILES string of the molecule is CCOc1cc(C2/C(=C(\O)c3ccccc3OC)C(=O)C(=O)N2c2ccc(F)c(Cl)c2)ccc1O. The van der Waals surface area contributed by atoms with E-state index in [-0.39, 0.29) is 40.0 Å². The lowest BCUT2D eigenvalue weighted by atomic mass is 9.94. The van der Waals surface area contributed by atoms with Gasteiger partial charge in [0.15, 0.2) is 11.5 Å². The molecule has 1 fully saturated rings. The molecule has 1 saturated heterocycles. The highest BCUT2D eigenvalue weighted by Gasteiger charge is 2.47. The number of phenolic OH excluding ortho intramolecular Hbond substituents is 1. The van der Waals surface area contributed by atoms with Gasteiger partial charge in [0.25, 0.3) is 11.7 Å². The summed E-state index contributed by atoms with van der Waals surface area (Å²) < 4.78 is 24.7. The number of benzene rings is 3. The third-order valence-corrected chi connectivity index (χ3v) is 5.88. The zero-order chi connectivity index (χ0) is 25.3. The topological polar surface area (TPSA) is 96.3 Å². The molecule has 1 atom stereocenters. The van der Waals surface area contributed by atoms with Gasteiger partial charge in [0.1, 0.15) is 17.3 Å². The molecule has 2 N–H and O–H groups in total. The number of aromatic hydroxyl groups is 1. The zero-order valence-corrected chi connectivity index (χ0v) is 19.5. The average Bonchev–Trinajstić information content (AvgIpc) is 3.12. The van der Waals surface area contributed by atoms with Crippen LogP contribution in [0.1, 0.15) is 24.1 Å². The van der Waals surface area contributed by atoms with Crippen molar-refractivity contribution in [3.63, 3.8) is 0 Å². The molecular formula is C26H21ClFNO6. The number of anilines is 1. The van der Waals surface area contributed by atoms with E-state index in [1.165, 1.54) is 37.4 Å². The second-order valence-electron chi connectivity index (χ2n) is 7.63. The minimum Gasteiger partial charge on any atom is -0.507 e. The average molecular weight is 498 g/mol. The molecule has 1 aliphatic heterocycles. The number of amides is 1. The molecule has 0 spiro atoms. The molecule has 1 aliphatic rings. The second-order valence-corrected chi connectivity index (χ2v) is 8.04. The molecule has 4 rings (SSSR count). The summed E-state index contributed by atoms with van der Waals surface area (Å²) in [5.74, 6) is -2.76. The number of para-hydroxylation sites is 1. The van der Waals surface area contributed by atoms with E-state index < -0.39 is 29.3 Å². The number of carbonyl (C=O) groups excluding carboxylic acids is 2. The molecule has 9 heteroatoms. The number of halogens is 2. The summed E-state index contributed by atoms with van der Waals surface area (Å²) in [6, 6.07) is 13.3. The summed E-state index contributed by atoms with van der Waals surface area (Å²) >= 11 is 5.96. The first-order valence-electron chi connectivity index (χ1n) is 10.6. The van der Waals surface area contributed by atoms with Crippen molar-refractivity contribution in [1.82, 2.24) is 0 Å². The van der Waals surface area contributed by atoms with Crippen LogP contribution in [0.25, 0.3) is 5.76 Å². The maximum atomic E-state index is 13.9. The Labute approximate surface area is 205 Å². The van der Waals surface area contributed by atoms with Gasteiger partial charge in [-0.1, -0.05) is 29.8 Å². The van der Waals surface area contributed by atoms with Gasteiger partial charge in [-0.15, -0.1) is 0 Å². The summed E-state index contributed by atoms with van der Waals surface area (Å²) in [6.45, 7) is 1.99. The largest absolute Gasteiger partial charge is 0.507 e. The van der Waals surface area contributed by atoms with Crippen LogP contribution in [0.2, 0.25) is 5.02 Å². The van der Waals surface area contributed by atoms with E-state index in [9.17, 15) is 24.2 Å². The van der Waals surface area contributed by atoms with Crippen LogP contribution in [-0.2, 0) is 9.59 Å². The van der Waals surface area contributed by atoms with Gasteiger partial charge >= 0.3 is 0 Å². The maximum Gasteiger partial charge on any atom is 0.300 e. The molecule has 3 aromatic rings. The summed E-state index contributed by atoms with van der Waals surface area (Å²) in [5.41, 5.74) is 0.503. The Balaban J connectivity index is 2.00. The van der Waals surface area contributed by atoms with Gasteiger partial charge in [0, 0.05) is 5.69 Å². The van der Waals surface area contributed by atoms with Crippen molar-refractivity contribution in [2.24, 2.45) is 0 Å². The van der Waals surface area contributed by atoms with Gasteiger partial charge in [-0.25, -0.2) is 4.39 Å². The summed E-state index contributed by atoms with van der Waals surface area (Å²) in [4.78, 5) is 27.6. The fourth-order valence-electron chi connectivity index (χ4n) is 4.01.